The quantitative estimate of drug-likeness (QED) is 0.758. The summed E-state index contributed by atoms with van der Waals surface area (Å²) in [6, 6.07) is 14.7. The SMILES string of the molecule is CNCCC(O)c1ccc2sc3ccccc3c2c1. The first-order valence-electron chi connectivity index (χ1n) is 6.53. The maximum Gasteiger partial charge on any atom is 0.0802 e. The third kappa shape index (κ3) is 2.37. The molecule has 3 aromatic rings. The number of hydrogen-bond acceptors (Lipinski definition) is 3. The van der Waals surface area contributed by atoms with Crippen LogP contribution in [0, 0.1) is 0 Å². The van der Waals surface area contributed by atoms with Crippen LogP contribution in [0.25, 0.3) is 20.2 Å². The second kappa shape index (κ2) is 5.29. The van der Waals surface area contributed by atoms with Gasteiger partial charge in [-0.15, -0.1) is 11.3 Å². The van der Waals surface area contributed by atoms with Gasteiger partial charge >= 0.3 is 0 Å². The zero-order valence-electron chi connectivity index (χ0n) is 10.9. The molecule has 0 saturated carbocycles. The molecule has 3 rings (SSSR count). The average Bonchev–Trinajstić information content (AvgIpc) is 2.82. The van der Waals surface area contributed by atoms with E-state index in [1.165, 1.54) is 20.2 Å². The molecule has 0 aliphatic heterocycles. The van der Waals surface area contributed by atoms with Gasteiger partial charge in [0.05, 0.1) is 6.10 Å². The van der Waals surface area contributed by atoms with E-state index in [4.69, 9.17) is 0 Å². The fourth-order valence-electron chi connectivity index (χ4n) is 2.40. The molecule has 0 radical (unpaired) electrons. The number of nitrogens with one attached hydrogen (secondary N) is 1. The highest BCUT2D eigenvalue weighted by atomic mass is 32.1. The van der Waals surface area contributed by atoms with Gasteiger partial charge in [-0.3, -0.25) is 0 Å². The number of aliphatic hydroxyl groups is 1. The third-order valence-electron chi connectivity index (χ3n) is 3.45. The largest absolute Gasteiger partial charge is 0.388 e. The van der Waals surface area contributed by atoms with Crippen LogP contribution >= 0.6 is 11.3 Å². The van der Waals surface area contributed by atoms with Crippen molar-refractivity contribution in [2.24, 2.45) is 0 Å². The number of hydrogen-bond donors (Lipinski definition) is 2. The molecule has 0 aliphatic carbocycles. The number of rotatable bonds is 4. The van der Waals surface area contributed by atoms with Gasteiger partial charge in [-0.25, -0.2) is 0 Å². The van der Waals surface area contributed by atoms with Gasteiger partial charge in [0.25, 0.3) is 0 Å². The Hall–Kier alpha value is -1.42. The van der Waals surface area contributed by atoms with Crippen LogP contribution in [0.15, 0.2) is 42.5 Å². The van der Waals surface area contributed by atoms with Crippen LogP contribution in [-0.4, -0.2) is 18.7 Å². The van der Waals surface area contributed by atoms with Gasteiger partial charge in [0.2, 0.25) is 0 Å². The minimum Gasteiger partial charge on any atom is -0.388 e. The van der Waals surface area contributed by atoms with E-state index in [1.807, 2.05) is 13.1 Å². The maximum atomic E-state index is 10.2. The minimum atomic E-state index is -0.393. The lowest BCUT2D eigenvalue weighted by Crippen LogP contribution is -2.11. The predicted molar refractivity (Wildman–Crippen MR) is 82.8 cm³/mol. The van der Waals surface area contributed by atoms with Crippen molar-refractivity contribution in [1.29, 1.82) is 0 Å². The van der Waals surface area contributed by atoms with E-state index in [9.17, 15) is 5.11 Å². The van der Waals surface area contributed by atoms with Crippen molar-refractivity contribution < 1.29 is 5.11 Å². The second-order valence-electron chi connectivity index (χ2n) is 4.76. The summed E-state index contributed by atoms with van der Waals surface area (Å²) in [5.41, 5.74) is 1.01. The number of aliphatic hydroxyl groups excluding tert-OH is 1. The highest BCUT2D eigenvalue weighted by Crippen LogP contribution is 2.35. The molecule has 1 heterocycles. The monoisotopic (exact) mass is 271 g/mol. The fraction of sp³-hybridized carbons (Fsp3) is 0.250. The molecular formula is C16H17NOS. The van der Waals surface area contributed by atoms with Crippen molar-refractivity contribution in [2.45, 2.75) is 12.5 Å². The second-order valence-corrected chi connectivity index (χ2v) is 5.85. The number of thiophene rings is 1. The fourth-order valence-corrected chi connectivity index (χ4v) is 3.49. The van der Waals surface area contributed by atoms with Crippen molar-refractivity contribution in [2.75, 3.05) is 13.6 Å². The summed E-state index contributed by atoms with van der Waals surface area (Å²) in [6.07, 6.45) is 0.347. The summed E-state index contributed by atoms with van der Waals surface area (Å²) in [4.78, 5) is 0. The lowest BCUT2D eigenvalue weighted by molar-refractivity contribution is 0.168. The molecule has 1 atom stereocenters. The Morgan fingerprint density at radius 1 is 1.11 bits per heavy atom. The van der Waals surface area contributed by atoms with Crippen molar-refractivity contribution in [1.82, 2.24) is 5.32 Å². The Morgan fingerprint density at radius 3 is 2.74 bits per heavy atom. The van der Waals surface area contributed by atoms with Gasteiger partial charge in [-0.1, -0.05) is 24.3 Å². The number of fused-ring (bicyclic) bond motifs is 3. The minimum absolute atomic E-state index is 0.393. The third-order valence-corrected chi connectivity index (χ3v) is 4.61. The smallest absolute Gasteiger partial charge is 0.0802 e. The normalized spacial score (nSPS) is 13.2. The molecule has 19 heavy (non-hydrogen) atoms. The molecule has 98 valence electrons. The van der Waals surface area contributed by atoms with E-state index in [1.54, 1.807) is 11.3 Å². The zero-order valence-corrected chi connectivity index (χ0v) is 11.7. The van der Waals surface area contributed by atoms with E-state index in [2.05, 4.69) is 41.7 Å². The van der Waals surface area contributed by atoms with Crippen molar-refractivity contribution >= 4 is 31.5 Å². The topological polar surface area (TPSA) is 32.3 Å². The molecule has 2 nitrogen and oxygen atoms in total. The van der Waals surface area contributed by atoms with Gasteiger partial charge in [0.15, 0.2) is 0 Å². The van der Waals surface area contributed by atoms with E-state index in [0.29, 0.717) is 0 Å². The molecule has 1 unspecified atom stereocenters. The lowest BCUT2D eigenvalue weighted by Gasteiger charge is -2.10. The van der Waals surface area contributed by atoms with Crippen molar-refractivity contribution in [3.05, 3.63) is 48.0 Å². The Labute approximate surface area is 116 Å². The van der Waals surface area contributed by atoms with E-state index in [-0.39, 0.29) is 0 Å². The number of benzene rings is 2. The van der Waals surface area contributed by atoms with Crippen LogP contribution < -0.4 is 5.32 Å². The van der Waals surface area contributed by atoms with Crippen LogP contribution in [-0.2, 0) is 0 Å². The standard InChI is InChI=1S/C16H17NOS/c1-17-9-8-14(18)11-6-7-16-13(10-11)12-4-2-3-5-15(12)19-16/h2-7,10,14,17-18H,8-9H2,1H3. The first-order chi connectivity index (χ1) is 9.29. The molecular weight excluding hydrogens is 254 g/mol. The zero-order chi connectivity index (χ0) is 13.2. The van der Waals surface area contributed by atoms with Crippen LogP contribution in [0.2, 0.25) is 0 Å². The van der Waals surface area contributed by atoms with E-state index >= 15 is 0 Å². The summed E-state index contributed by atoms with van der Waals surface area (Å²) < 4.78 is 2.59. The molecule has 0 saturated heterocycles. The van der Waals surface area contributed by atoms with E-state index < -0.39 is 6.10 Å². The van der Waals surface area contributed by atoms with Crippen LogP contribution in [0.3, 0.4) is 0 Å². The van der Waals surface area contributed by atoms with Crippen LogP contribution in [0.4, 0.5) is 0 Å². The van der Waals surface area contributed by atoms with Gasteiger partial charge in [-0.05, 0) is 43.8 Å². The molecule has 1 aromatic heterocycles. The van der Waals surface area contributed by atoms with E-state index in [0.717, 1.165) is 18.5 Å². The van der Waals surface area contributed by atoms with Crippen LogP contribution in [0.1, 0.15) is 18.1 Å². The Bertz CT molecular complexity index is 704. The van der Waals surface area contributed by atoms with Gasteiger partial charge in [0, 0.05) is 20.2 Å². The van der Waals surface area contributed by atoms with Gasteiger partial charge in [-0.2, -0.15) is 0 Å². The predicted octanol–water partition coefficient (Wildman–Crippen LogP) is 3.70. The molecule has 0 spiro atoms. The summed E-state index contributed by atoms with van der Waals surface area (Å²) in [5.74, 6) is 0. The Kier molecular flexibility index (Phi) is 3.51. The highest BCUT2D eigenvalue weighted by Gasteiger charge is 2.10. The Morgan fingerprint density at radius 2 is 1.89 bits per heavy atom. The molecule has 2 aromatic carbocycles. The summed E-state index contributed by atoms with van der Waals surface area (Å²) in [6.45, 7) is 0.823. The first kappa shape index (κ1) is 12.6. The summed E-state index contributed by atoms with van der Waals surface area (Å²) in [7, 11) is 1.91. The first-order valence-corrected chi connectivity index (χ1v) is 7.35. The lowest BCUT2D eigenvalue weighted by atomic mass is 10.0. The molecule has 0 bridgehead atoms. The summed E-state index contributed by atoms with van der Waals surface area (Å²) >= 11 is 1.81. The molecule has 3 heteroatoms. The molecule has 0 aliphatic rings. The Balaban J connectivity index is 2.06. The molecule has 0 amide bonds. The van der Waals surface area contributed by atoms with Crippen molar-refractivity contribution in [3.8, 4) is 0 Å². The van der Waals surface area contributed by atoms with Gasteiger partial charge in [0.1, 0.15) is 0 Å². The van der Waals surface area contributed by atoms with Crippen molar-refractivity contribution in [3.63, 3.8) is 0 Å². The molecule has 2 N–H and O–H groups in total. The summed E-state index contributed by atoms with van der Waals surface area (Å²) in [5, 5.41) is 15.8. The molecule has 0 fully saturated rings. The van der Waals surface area contributed by atoms with Crippen LogP contribution in [0.5, 0.6) is 0 Å². The highest BCUT2D eigenvalue weighted by molar-refractivity contribution is 7.25. The average molecular weight is 271 g/mol. The van der Waals surface area contributed by atoms with Gasteiger partial charge < -0.3 is 10.4 Å². The maximum absolute atomic E-state index is 10.2.